The maximum Gasteiger partial charge on any atom is 0.338 e. The van der Waals surface area contributed by atoms with Gasteiger partial charge in [0, 0.05) is 6.20 Å². The van der Waals surface area contributed by atoms with Crippen LogP contribution in [-0.4, -0.2) is 25.6 Å². The van der Waals surface area contributed by atoms with Gasteiger partial charge in [-0.05, 0) is 12.5 Å². The van der Waals surface area contributed by atoms with Crippen LogP contribution >= 0.6 is 11.6 Å². The minimum absolute atomic E-state index is 0.0373. The predicted molar refractivity (Wildman–Crippen MR) is 79.8 cm³/mol. The molecule has 2 heterocycles. The quantitative estimate of drug-likeness (QED) is 0.807. The fourth-order valence-corrected chi connectivity index (χ4v) is 2.39. The van der Waals surface area contributed by atoms with E-state index in [4.69, 9.17) is 16.7 Å². The first kappa shape index (κ1) is 13.6. The van der Waals surface area contributed by atoms with Gasteiger partial charge in [0.2, 0.25) is 0 Å². The van der Waals surface area contributed by atoms with Gasteiger partial charge in [-0.2, -0.15) is 0 Å². The van der Waals surface area contributed by atoms with Crippen molar-refractivity contribution in [3.05, 3.63) is 58.5 Å². The van der Waals surface area contributed by atoms with Gasteiger partial charge in [0.25, 0.3) is 0 Å². The molecule has 0 aliphatic carbocycles. The van der Waals surface area contributed by atoms with Crippen LogP contribution in [0.5, 0.6) is 0 Å². The smallest absolute Gasteiger partial charge is 0.338 e. The summed E-state index contributed by atoms with van der Waals surface area (Å²) >= 11 is 6.08. The maximum atomic E-state index is 11.0. The monoisotopic (exact) mass is 301 g/mol. The second-order valence-corrected chi connectivity index (χ2v) is 5.20. The zero-order valence-electron chi connectivity index (χ0n) is 11.2. The van der Waals surface area contributed by atoms with Crippen LogP contribution in [0, 0.1) is 6.92 Å². The van der Waals surface area contributed by atoms with E-state index in [1.807, 2.05) is 35.8 Å². The highest BCUT2D eigenvalue weighted by Crippen LogP contribution is 2.24. The van der Waals surface area contributed by atoms with Crippen LogP contribution in [0.3, 0.4) is 0 Å². The molecule has 0 radical (unpaired) electrons. The highest BCUT2D eigenvalue weighted by molar-refractivity contribution is 6.37. The fraction of sp³-hybridized carbons (Fsp3) is 0.133. The number of rotatable bonds is 3. The van der Waals surface area contributed by atoms with Gasteiger partial charge in [0.05, 0.1) is 23.5 Å². The number of benzene rings is 1. The first-order valence-electron chi connectivity index (χ1n) is 6.34. The van der Waals surface area contributed by atoms with E-state index in [-0.39, 0.29) is 10.6 Å². The molecule has 0 bridgehead atoms. The summed E-state index contributed by atoms with van der Waals surface area (Å²) in [4.78, 5) is 19.4. The first-order chi connectivity index (χ1) is 10.1. The molecule has 106 valence electrons. The predicted octanol–water partition coefficient (Wildman–Crippen LogP) is 3.14. The molecule has 0 fully saturated rings. The lowest BCUT2D eigenvalue weighted by Crippen LogP contribution is -2.02. The van der Waals surface area contributed by atoms with Gasteiger partial charge >= 0.3 is 5.97 Å². The summed E-state index contributed by atoms with van der Waals surface area (Å²) in [5.41, 5.74) is 3.25. The lowest BCUT2D eigenvalue weighted by atomic mass is 10.1. The number of carboxylic acid groups (broad SMARTS) is 1. The number of halogens is 1. The van der Waals surface area contributed by atoms with Gasteiger partial charge in [-0.1, -0.05) is 41.4 Å². The van der Waals surface area contributed by atoms with E-state index in [1.165, 1.54) is 11.8 Å². The Kier molecular flexibility index (Phi) is 3.35. The number of carboxylic acids is 1. The zero-order chi connectivity index (χ0) is 15.0. The fourth-order valence-electron chi connectivity index (χ4n) is 2.13. The van der Waals surface area contributed by atoms with Crippen molar-refractivity contribution in [1.82, 2.24) is 14.5 Å². The van der Waals surface area contributed by atoms with Crippen molar-refractivity contribution >= 4 is 28.7 Å². The average molecular weight is 302 g/mol. The van der Waals surface area contributed by atoms with E-state index in [2.05, 4.69) is 9.97 Å². The summed E-state index contributed by atoms with van der Waals surface area (Å²) < 4.78 is 1.84. The molecule has 1 aromatic carbocycles. The zero-order valence-corrected chi connectivity index (χ0v) is 12.0. The van der Waals surface area contributed by atoms with Crippen LogP contribution in [0.2, 0.25) is 5.02 Å². The summed E-state index contributed by atoms with van der Waals surface area (Å²) in [7, 11) is 0. The second-order valence-electron chi connectivity index (χ2n) is 4.82. The Hall–Kier alpha value is -2.40. The number of imidazole rings is 1. The molecule has 2 aromatic heterocycles. The molecule has 0 saturated heterocycles. The van der Waals surface area contributed by atoms with Crippen molar-refractivity contribution in [3.8, 4) is 0 Å². The van der Waals surface area contributed by atoms with Gasteiger partial charge in [-0.25, -0.2) is 14.8 Å². The molecule has 3 aromatic rings. The molecule has 6 heteroatoms. The Labute approximate surface area is 125 Å². The van der Waals surface area contributed by atoms with Gasteiger partial charge in [-0.3, -0.25) is 0 Å². The maximum absolute atomic E-state index is 11.0. The highest BCUT2D eigenvalue weighted by atomic mass is 35.5. The number of pyridine rings is 1. The summed E-state index contributed by atoms with van der Waals surface area (Å²) in [5, 5.41) is 9.15. The Morgan fingerprint density at radius 1 is 1.29 bits per heavy atom. The summed E-state index contributed by atoms with van der Waals surface area (Å²) in [6.45, 7) is 2.64. The summed E-state index contributed by atoms with van der Waals surface area (Å²) in [6.07, 6.45) is 2.88. The largest absolute Gasteiger partial charge is 0.478 e. The van der Waals surface area contributed by atoms with Crippen LogP contribution < -0.4 is 0 Å². The molecule has 0 aliphatic rings. The van der Waals surface area contributed by atoms with E-state index < -0.39 is 5.97 Å². The van der Waals surface area contributed by atoms with Gasteiger partial charge < -0.3 is 9.67 Å². The third-order valence-corrected chi connectivity index (χ3v) is 3.66. The van der Waals surface area contributed by atoms with E-state index in [9.17, 15) is 4.79 Å². The minimum Gasteiger partial charge on any atom is -0.478 e. The molecule has 0 amide bonds. The summed E-state index contributed by atoms with van der Waals surface area (Å²) in [5.74, 6) is -1.11. The number of carbonyl (C=O) groups is 1. The minimum atomic E-state index is -1.11. The van der Waals surface area contributed by atoms with Crippen LogP contribution in [0.4, 0.5) is 0 Å². The third kappa shape index (κ3) is 2.48. The number of aromatic carboxylic acids is 1. The lowest BCUT2D eigenvalue weighted by molar-refractivity contribution is 0.0697. The average Bonchev–Trinajstić information content (AvgIpc) is 2.85. The molecule has 0 spiro atoms. The molecule has 1 N–H and O–H groups in total. The third-order valence-electron chi connectivity index (χ3n) is 3.27. The van der Waals surface area contributed by atoms with E-state index in [0.717, 1.165) is 5.56 Å². The Bertz CT molecular complexity index is 825. The van der Waals surface area contributed by atoms with Gasteiger partial charge in [0.15, 0.2) is 5.65 Å². The van der Waals surface area contributed by atoms with E-state index in [1.54, 1.807) is 6.33 Å². The Balaban J connectivity index is 2.03. The standard InChI is InChI=1S/C15H12ClN3O2/c1-9-2-4-10(5-3-9)7-19-8-18-13-12(16)11(15(20)21)6-17-14(13)19/h2-6,8H,7H2,1H3,(H,20,21). The second kappa shape index (κ2) is 5.18. The molecule has 0 unspecified atom stereocenters. The van der Waals surface area contributed by atoms with Crippen molar-refractivity contribution in [3.63, 3.8) is 0 Å². The van der Waals surface area contributed by atoms with Crippen molar-refractivity contribution in [2.24, 2.45) is 0 Å². The number of fused-ring (bicyclic) bond motifs is 1. The summed E-state index contributed by atoms with van der Waals surface area (Å²) in [6, 6.07) is 8.15. The molecule has 0 saturated carbocycles. The number of aryl methyl sites for hydroxylation is 1. The topological polar surface area (TPSA) is 68.0 Å². The molecule has 3 rings (SSSR count). The normalized spacial score (nSPS) is 11.0. The van der Waals surface area contributed by atoms with Crippen LogP contribution in [-0.2, 0) is 6.54 Å². The van der Waals surface area contributed by atoms with Crippen molar-refractivity contribution < 1.29 is 9.90 Å². The number of hydrogen-bond acceptors (Lipinski definition) is 3. The Morgan fingerprint density at radius 3 is 2.67 bits per heavy atom. The van der Waals surface area contributed by atoms with E-state index in [0.29, 0.717) is 17.7 Å². The van der Waals surface area contributed by atoms with Crippen LogP contribution in [0.25, 0.3) is 11.2 Å². The highest BCUT2D eigenvalue weighted by Gasteiger charge is 2.16. The molecule has 21 heavy (non-hydrogen) atoms. The van der Waals surface area contributed by atoms with Gasteiger partial charge in [0.1, 0.15) is 5.52 Å². The molecule has 0 aliphatic heterocycles. The number of hydrogen-bond donors (Lipinski definition) is 1. The van der Waals surface area contributed by atoms with Crippen LogP contribution in [0.1, 0.15) is 21.5 Å². The van der Waals surface area contributed by atoms with Crippen molar-refractivity contribution in [1.29, 1.82) is 0 Å². The molecule has 0 atom stereocenters. The number of nitrogens with zero attached hydrogens (tertiary/aromatic N) is 3. The van der Waals surface area contributed by atoms with Crippen molar-refractivity contribution in [2.75, 3.05) is 0 Å². The Morgan fingerprint density at radius 2 is 2.00 bits per heavy atom. The van der Waals surface area contributed by atoms with Crippen molar-refractivity contribution in [2.45, 2.75) is 13.5 Å². The molecular weight excluding hydrogens is 290 g/mol. The SMILES string of the molecule is Cc1ccc(Cn2cnc3c(Cl)c(C(=O)O)cnc32)cc1. The first-order valence-corrected chi connectivity index (χ1v) is 6.72. The lowest BCUT2D eigenvalue weighted by Gasteiger charge is -2.05. The van der Waals surface area contributed by atoms with Crippen LogP contribution in [0.15, 0.2) is 36.8 Å². The van der Waals surface area contributed by atoms with Gasteiger partial charge in [-0.15, -0.1) is 0 Å². The molecule has 5 nitrogen and oxygen atoms in total. The number of aromatic nitrogens is 3. The van der Waals surface area contributed by atoms with E-state index >= 15 is 0 Å². The molecular formula is C15H12ClN3O2.